The summed E-state index contributed by atoms with van der Waals surface area (Å²) in [5, 5.41) is 0. The lowest BCUT2D eigenvalue weighted by molar-refractivity contribution is -0.359. The predicted octanol–water partition coefficient (Wildman–Crippen LogP) is 3.62. The minimum absolute atomic E-state index is 0.0902. The third kappa shape index (κ3) is 5.14. The molecule has 0 bridgehead atoms. The van der Waals surface area contributed by atoms with Crippen LogP contribution in [-0.4, -0.2) is 72.3 Å². The zero-order valence-corrected chi connectivity index (χ0v) is 24.4. The second-order valence-electron chi connectivity index (χ2n) is 12.7. The molecule has 4 rings (SSSR count). The van der Waals surface area contributed by atoms with Gasteiger partial charge in [0.05, 0.1) is 49.6 Å². The van der Waals surface area contributed by atoms with Crippen LogP contribution in [0, 0.1) is 22.7 Å². The maximum atomic E-state index is 11.9. The first-order valence-corrected chi connectivity index (χ1v) is 16.7. The smallest absolute Gasteiger partial charge is 0.264 e. The fourth-order valence-corrected chi connectivity index (χ4v) is 8.76. The Labute approximate surface area is 217 Å². The topological polar surface area (TPSA) is 114 Å². The van der Waals surface area contributed by atoms with Crippen LogP contribution in [0.4, 0.5) is 0 Å². The molecule has 0 N–H and O–H groups in total. The van der Waals surface area contributed by atoms with Crippen molar-refractivity contribution in [3.8, 4) is 0 Å². The van der Waals surface area contributed by atoms with Gasteiger partial charge in [-0.15, -0.1) is 0 Å². The van der Waals surface area contributed by atoms with Gasteiger partial charge in [-0.3, -0.25) is 8.37 Å². The lowest BCUT2D eigenvalue weighted by Crippen LogP contribution is -2.69. The molecular weight excluding hydrogens is 508 g/mol. The number of fused-ring (bicyclic) bond motifs is 4. The molecule has 7 unspecified atom stereocenters. The van der Waals surface area contributed by atoms with E-state index in [2.05, 4.69) is 20.8 Å². The Kier molecular flexibility index (Phi) is 7.28. The molecule has 0 aromatic heterocycles. The summed E-state index contributed by atoms with van der Waals surface area (Å²) in [6.07, 6.45) is 7.54. The van der Waals surface area contributed by atoms with Crippen molar-refractivity contribution in [3.63, 3.8) is 0 Å². The molecule has 2 saturated heterocycles. The fraction of sp³-hybridized carbons (Fsp3) is 1.00. The Morgan fingerprint density at radius 2 is 1.56 bits per heavy atom. The van der Waals surface area contributed by atoms with Crippen molar-refractivity contribution in [2.45, 2.75) is 103 Å². The highest BCUT2D eigenvalue weighted by atomic mass is 32.2. The highest BCUT2D eigenvalue weighted by Crippen LogP contribution is 2.69. The average molecular weight is 553 g/mol. The van der Waals surface area contributed by atoms with Crippen molar-refractivity contribution in [2.24, 2.45) is 22.7 Å². The summed E-state index contributed by atoms with van der Waals surface area (Å²) < 4.78 is 77.1. The maximum absolute atomic E-state index is 11.9. The lowest BCUT2D eigenvalue weighted by Gasteiger charge is -2.67. The molecule has 0 radical (unpaired) electrons. The number of ether oxygens (including phenoxy) is 3. The molecule has 2 aliphatic carbocycles. The normalized spacial score (nSPS) is 44.8. The van der Waals surface area contributed by atoms with E-state index in [-0.39, 0.29) is 42.5 Å². The van der Waals surface area contributed by atoms with Crippen LogP contribution in [0.3, 0.4) is 0 Å². The summed E-state index contributed by atoms with van der Waals surface area (Å²) in [6.45, 7) is 11.2. The van der Waals surface area contributed by atoms with E-state index < -0.39 is 37.2 Å². The van der Waals surface area contributed by atoms with E-state index in [9.17, 15) is 16.8 Å². The van der Waals surface area contributed by atoms with Crippen LogP contribution in [0.25, 0.3) is 0 Å². The lowest BCUT2D eigenvalue weighted by atomic mass is 9.43. The molecule has 2 heterocycles. The van der Waals surface area contributed by atoms with E-state index in [0.29, 0.717) is 18.9 Å². The van der Waals surface area contributed by atoms with Crippen LogP contribution in [0.2, 0.25) is 0 Å². The van der Waals surface area contributed by atoms with E-state index in [4.69, 9.17) is 22.6 Å². The van der Waals surface area contributed by atoms with Gasteiger partial charge in [-0.05, 0) is 64.2 Å². The number of hydrogen-bond donors (Lipinski definition) is 0. The predicted molar refractivity (Wildman–Crippen MR) is 134 cm³/mol. The van der Waals surface area contributed by atoms with E-state index in [0.717, 1.165) is 44.6 Å². The molecule has 7 atom stereocenters. The molecule has 0 aromatic rings. The summed E-state index contributed by atoms with van der Waals surface area (Å²) in [7, 11) is -7.34. The molecule has 36 heavy (non-hydrogen) atoms. The van der Waals surface area contributed by atoms with Gasteiger partial charge < -0.3 is 14.2 Å². The Morgan fingerprint density at radius 3 is 2.19 bits per heavy atom. The molecule has 0 amide bonds. The Morgan fingerprint density at radius 1 is 0.889 bits per heavy atom. The molecular formula is C25H44O9S2. The van der Waals surface area contributed by atoms with Gasteiger partial charge in [0, 0.05) is 17.3 Å². The largest absolute Gasteiger partial charge is 0.365 e. The maximum Gasteiger partial charge on any atom is 0.264 e. The molecule has 9 nitrogen and oxygen atoms in total. The average Bonchev–Trinajstić information content (AvgIpc) is 3.12. The number of hydrogen-bond acceptors (Lipinski definition) is 9. The second-order valence-corrected chi connectivity index (χ2v) is 16.0. The van der Waals surface area contributed by atoms with Crippen LogP contribution >= 0.6 is 0 Å². The van der Waals surface area contributed by atoms with Crippen molar-refractivity contribution in [1.82, 2.24) is 0 Å². The monoisotopic (exact) mass is 552 g/mol. The van der Waals surface area contributed by atoms with Crippen molar-refractivity contribution in [2.75, 3.05) is 32.3 Å². The van der Waals surface area contributed by atoms with Crippen LogP contribution in [-0.2, 0) is 42.8 Å². The van der Waals surface area contributed by atoms with Gasteiger partial charge in [0.25, 0.3) is 20.2 Å². The van der Waals surface area contributed by atoms with Crippen molar-refractivity contribution < 1.29 is 39.4 Å². The molecule has 4 aliphatic rings. The van der Waals surface area contributed by atoms with Crippen molar-refractivity contribution in [3.05, 3.63) is 0 Å². The first-order valence-electron chi connectivity index (χ1n) is 13.1. The van der Waals surface area contributed by atoms with Gasteiger partial charge in [-0.25, -0.2) is 0 Å². The highest BCUT2D eigenvalue weighted by molar-refractivity contribution is 7.86. The van der Waals surface area contributed by atoms with Gasteiger partial charge in [0.1, 0.15) is 0 Å². The van der Waals surface area contributed by atoms with Gasteiger partial charge in [-0.2, -0.15) is 16.8 Å². The molecule has 11 heteroatoms. The quantitative estimate of drug-likeness (QED) is 0.437. The first-order chi connectivity index (χ1) is 16.4. The third-order valence-electron chi connectivity index (χ3n) is 9.78. The molecule has 210 valence electrons. The molecule has 2 aliphatic heterocycles. The van der Waals surface area contributed by atoms with Gasteiger partial charge >= 0.3 is 0 Å². The molecule has 4 fully saturated rings. The third-order valence-corrected chi connectivity index (χ3v) is 10.9. The van der Waals surface area contributed by atoms with E-state index in [1.807, 2.05) is 13.8 Å². The van der Waals surface area contributed by atoms with Gasteiger partial charge in [0.15, 0.2) is 5.79 Å². The van der Waals surface area contributed by atoms with Crippen LogP contribution in [0.15, 0.2) is 0 Å². The fourth-order valence-electron chi connectivity index (χ4n) is 7.94. The summed E-state index contributed by atoms with van der Waals surface area (Å²) in [5.74, 6) is -0.0502. The Balaban J connectivity index is 1.66. The van der Waals surface area contributed by atoms with E-state index in [1.165, 1.54) is 0 Å². The van der Waals surface area contributed by atoms with Gasteiger partial charge in [-0.1, -0.05) is 20.8 Å². The van der Waals surface area contributed by atoms with Crippen molar-refractivity contribution in [1.29, 1.82) is 0 Å². The molecule has 2 saturated carbocycles. The SMILES string of the molecule is CC1CCC2C3(C)COC(C)(C)OC3CCC2(C)C12CCC(CCOS(C)(=O)=O)(COS(C)(=O)=O)O2. The van der Waals surface area contributed by atoms with Crippen LogP contribution in [0.5, 0.6) is 0 Å². The van der Waals surface area contributed by atoms with Crippen molar-refractivity contribution >= 4 is 20.2 Å². The molecule has 1 spiro atoms. The summed E-state index contributed by atoms with van der Waals surface area (Å²) in [4.78, 5) is 0. The van der Waals surface area contributed by atoms with Crippen LogP contribution in [0.1, 0.15) is 79.6 Å². The number of rotatable bonds is 7. The highest BCUT2D eigenvalue weighted by Gasteiger charge is 2.70. The Bertz CT molecular complexity index is 1060. The second kappa shape index (κ2) is 9.13. The van der Waals surface area contributed by atoms with Crippen LogP contribution < -0.4 is 0 Å². The Hall–Kier alpha value is -0.300. The minimum Gasteiger partial charge on any atom is -0.365 e. The summed E-state index contributed by atoms with van der Waals surface area (Å²) in [6, 6.07) is 0. The standard InChI is InChI=1S/C25H44O9S2/c1-18-8-9-19-22(4)16-30-21(2,3)33-20(22)10-11-23(19,5)25(18)13-12-24(34-25,17-32-36(7,28)29)14-15-31-35(6,26)27/h18-20H,8-17H2,1-7H3. The summed E-state index contributed by atoms with van der Waals surface area (Å²) >= 11 is 0. The van der Waals surface area contributed by atoms with Gasteiger partial charge in [0.2, 0.25) is 0 Å². The van der Waals surface area contributed by atoms with E-state index in [1.54, 1.807) is 0 Å². The first kappa shape index (κ1) is 28.7. The molecule has 0 aromatic carbocycles. The summed E-state index contributed by atoms with van der Waals surface area (Å²) in [5.41, 5.74) is -1.80. The zero-order chi connectivity index (χ0) is 26.8. The minimum atomic E-state index is -3.71. The van der Waals surface area contributed by atoms with E-state index >= 15 is 0 Å². The zero-order valence-electron chi connectivity index (χ0n) is 22.8.